The van der Waals surface area contributed by atoms with E-state index in [9.17, 15) is 4.79 Å². The summed E-state index contributed by atoms with van der Waals surface area (Å²) in [5.74, 6) is -0.366. The average Bonchev–Trinajstić information content (AvgIpc) is 2.83. The van der Waals surface area contributed by atoms with Crippen LogP contribution in [0.15, 0.2) is 30.3 Å². The van der Waals surface area contributed by atoms with Crippen LogP contribution in [-0.4, -0.2) is 48.1 Å². The van der Waals surface area contributed by atoms with Crippen LogP contribution in [0, 0.1) is 0 Å². The fourth-order valence-electron chi connectivity index (χ4n) is 3.93. The van der Waals surface area contributed by atoms with Crippen molar-refractivity contribution >= 4 is 24.3 Å². The molecule has 0 amide bonds. The van der Waals surface area contributed by atoms with Crippen molar-refractivity contribution in [3.63, 3.8) is 0 Å². The molecule has 1 aromatic carbocycles. The number of hydrogen-bond donors (Lipinski definition) is 0. The zero-order valence-electron chi connectivity index (χ0n) is 15.1. The Labute approximate surface area is 155 Å². The van der Waals surface area contributed by atoms with Gasteiger partial charge in [-0.15, -0.1) is 0 Å². The normalized spacial score (nSPS) is 27.6. The fraction of sp³-hybridized carbons (Fsp3) is 0.611. The van der Waals surface area contributed by atoms with Gasteiger partial charge in [0.15, 0.2) is 6.10 Å². The van der Waals surface area contributed by atoms with Crippen LogP contribution in [0.3, 0.4) is 0 Å². The third-order valence-electron chi connectivity index (χ3n) is 5.30. The van der Waals surface area contributed by atoms with Crippen molar-refractivity contribution in [3.05, 3.63) is 35.9 Å². The van der Waals surface area contributed by atoms with Crippen LogP contribution >= 0.6 is 6.57 Å². The molecule has 7 heteroatoms. The van der Waals surface area contributed by atoms with Gasteiger partial charge in [0.2, 0.25) is 6.57 Å². The molecule has 5 nitrogen and oxygen atoms in total. The SMILES string of the molecule is CCOC(=O)[C@H](OP1(=S)N(C)[C@@H]2CCCC[C@H]2N1C)c1ccccc1. The van der Waals surface area contributed by atoms with Crippen LogP contribution in [0.1, 0.15) is 44.3 Å². The van der Waals surface area contributed by atoms with Gasteiger partial charge >= 0.3 is 5.97 Å². The highest BCUT2D eigenvalue weighted by atomic mass is 32.5. The first-order valence-electron chi connectivity index (χ1n) is 8.95. The largest absolute Gasteiger partial charge is 0.464 e. The fourth-order valence-corrected chi connectivity index (χ4v) is 7.43. The number of carbonyl (C=O) groups is 1. The first-order chi connectivity index (χ1) is 12.0. The van der Waals surface area contributed by atoms with E-state index in [2.05, 4.69) is 23.4 Å². The number of esters is 1. The van der Waals surface area contributed by atoms with E-state index in [0.29, 0.717) is 18.7 Å². The van der Waals surface area contributed by atoms with Gasteiger partial charge in [0.1, 0.15) is 0 Å². The smallest absolute Gasteiger partial charge is 0.340 e. The Morgan fingerprint density at radius 1 is 1.20 bits per heavy atom. The average molecular weight is 382 g/mol. The van der Waals surface area contributed by atoms with E-state index in [1.807, 2.05) is 30.3 Å². The Kier molecular flexibility index (Phi) is 5.96. The number of carbonyl (C=O) groups excluding carboxylic acids is 1. The molecule has 138 valence electrons. The maximum Gasteiger partial charge on any atom is 0.340 e. The van der Waals surface area contributed by atoms with Crippen molar-refractivity contribution in [2.45, 2.75) is 50.8 Å². The quantitative estimate of drug-likeness (QED) is 0.571. The molecule has 0 N–H and O–H groups in total. The maximum absolute atomic E-state index is 12.6. The van der Waals surface area contributed by atoms with Gasteiger partial charge in [-0.3, -0.25) is 0 Å². The molecule has 1 saturated heterocycles. The summed E-state index contributed by atoms with van der Waals surface area (Å²) in [7, 11) is 4.11. The Morgan fingerprint density at radius 3 is 2.28 bits per heavy atom. The van der Waals surface area contributed by atoms with Gasteiger partial charge in [0.25, 0.3) is 0 Å². The van der Waals surface area contributed by atoms with Crippen molar-refractivity contribution < 1.29 is 14.1 Å². The lowest BCUT2D eigenvalue weighted by Gasteiger charge is -2.33. The molecular weight excluding hydrogens is 355 g/mol. The van der Waals surface area contributed by atoms with Crippen molar-refractivity contribution in [1.29, 1.82) is 0 Å². The number of benzene rings is 1. The van der Waals surface area contributed by atoms with Gasteiger partial charge in [-0.1, -0.05) is 43.2 Å². The predicted molar refractivity (Wildman–Crippen MR) is 103 cm³/mol. The minimum atomic E-state index is -2.46. The summed E-state index contributed by atoms with van der Waals surface area (Å²) < 4.78 is 16.1. The van der Waals surface area contributed by atoms with Gasteiger partial charge in [0, 0.05) is 12.1 Å². The summed E-state index contributed by atoms with van der Waals surface area (Å²) in [4.78, 5) is 12.6. The number of ether oxygens (including phenoxy) is 1. The number of nitrogens with zero attached hydrogens (tertiary/aromatic N) is 2. The zero-order valence-corrected chi connectivity index (χ0v) is 16.8. The van der Waals surface area contributed by atoms with Gasteiger partial charge in [-0.2, -0.15) is 0 Å². The number of rotatable bonds is 5. The molecule has 0 bridgehead atoms. The van der Waals surface area contributed by atoms with Crippen LogP contribution in [0.4, 0.5) is 0 Å². The Bertz CT molecular complexity index is 635. The van der Waals surface area contributed by atoms with E-state index in [1.54, 1.807) is 6.92 Å². The Hall–Kier alpha value is -0.780. The lowest BCUT2D eigenvalue weighted by Crippen LogP contribution is -2.37. The molecule has 0 spiro atoms. The topological polar surface area (TPSA) is 42.0 Å². The molecule has 0 unspecified atom stereocenters. The molecule has 2 fully saturated rings. The minimum absolute atomic E-state index is 0.325. The molecule has 1 heterocycles. The highest BCUT2D eigenvalue weighted by Gasteiger charge is 2.51. The molecule has 0 radical (unpaired) electrons. The second-order valence-corrected chi connectivity index (χ2v) is 10.6. The molecule has 1 saturated carbocycles. The molecule has 0 aromatic heterocycles. The van der Waals surface area contributed by atoms with Crippen molar-refractivity contribution in [2.75, 3.05) is 20.7 Å². The molecular formula is C18H27N2O3PS. The molecule has 1 aliphatic carbocycles. The molecule has 25 heavy (non-hydrogen) atoms. The van der Waals surface area contributed by atoms with Crippen LogP contribution < -0.4 is 0 Å². The Balaban J connectivity index is 1.90. The van der Waals surface area contributed by atoms with Crippen molar-refractivity contribution in [3.8, 4) is 0 Å². The highest BCUT2D eigenvalue weighted by molar-refractivity contribution is 8.10. The van der Waals surface area contributed by atoms with Gasteiger partial charge in [-0.05, 0) is 51.2 Å². The first-order valence-corrected chi connectivity index (χ1v) is 11.6. The predicted octanol–water partition coefficient (Wildman–Crippen LogP) is 3.72. The summed E-state index contributed by atoms with van der Waals surface area (Å²) >= 11 is 6.04. The van der Waals surface area contributed by atoms with E-state index in [-0.39, 0.29) is 5.97 Å². The Morgan fingerprint density at radius 2 is 1.76 bits per heavy atom. The second-order valence-electron chi connectivity index (χ2n) is 6.71. The number of likely N-dealkylation sites (N-methyl/N-ethyl adjacent to an activating group) is 2. The van der Waals surface area contributed by atoms with Crippen LogP contribution in [0.25, 0.3) is 0 Å². The van der Waals surface area contributed by atoms with Gasteiger partial charge < -0.3 is 9.26 Å². The molecule has 3 rings (SSSR count). The standard InChI is InChI=1S/C18H27N2O3PS/c1-4-22-18(21)17(14-10-6-5-7-11-14)23-24(25)19(2)15-12-8-9-13-16(15)20(24)3/h5-7,10-11,15-17H,4,8-9,12-13H2,1-3H3/t15-,16-,17-/m1/s1. The number of fused-ring (bicyclic) bond motifs is 1. The summed E-state index contributed by atoms with van der Waals surface area (Å²) in [6.07, 6.45) is 3.96. The van der Waals surface area contributed by atoms with Crippen molar-refractivity contribution in [2.24, 2.45) is 0 Å². The molecule has 1 aliphatic heterocycles. The lowest BCUT2D eigenvalue weighted by molar-refractivity contribution is -0.151. The van der Waals surface area contributed by atoms with Crippen molar-refractivity contribution in [1.82, 2.24) is 9.34 Å². The minimum Gasteiger partial charge on any atom is -0.464 e. The van der Waals surface area contributed by atoms with Crippen LogP contribution in [0.5, 0.6) is 0 Å². The van der Waals surface area contributed by atoms with E-state index in [0.717, 1.165) is 18.4 Å². The second kappa shape index (κ2) is 7.85. The summed E-state index contributed by atoms with van der Waals surface area (Å²) in [6.45, 7) is -0.326. The van der Waals surface area contributed by atoms with E-state index in [4.69, 9.17) is 21.1 Å². The monoisotopic (exact) mass is 382 g/mol. The third kappa shape index (κ3) is 3.56. The van der Waals surface area contributed by atoms with Crippen LogP contribution in [0.2, 0.25) is 0 Å². The molecule has 2 aliphatic rings. The third-order valence-corrected chi connectivity index (χ3v) is 9.77. The summed E-state index contributed by atoms with van der Waals surface area (Å²) in [5.41, 5.74) is 0.793. The summed E-state index contributed by atoms with van der Waals surface area (Å²) in [5, 5.41) is 0. The molecule has 3 atom stereocenters. The van der Waals surface area contributed by atoms with Crippen LogP contribution in [-0.2, 0) is 25.9 Å². The van der Waals surface area contributed by atoms with Gasteiger partial charge in [0.05, 0.1) is 6.61 Å². The molecule has 1 aromatic rings. The zero-order chi connectivity index (χ0) is 18.0. The highest BCUT2D eigenvalue weighted by Crippen LogP contribution is 2.64. The lowest BCUT2D eigenvalue weighted by atomic mass is 9.91. The number of hydrogen-bond acceptors (Lipinski definition) is 4. The summed E-state index contributed by atoms with van der Waals surface area (Å²) in [6, 6.07) is 10.4. The van der Waals surface area contributed by atoms with E-state index < -0.39 is 12.7 Å². The van der Waals surface area contributed by atoms with E-state index in [1.165, 1.54) is 12.8 Å². The maximum atomic E-state index is 12.6. The van der Waals surface area contributed by atoms with E-state index >= 15 is 0 Å². The van der Waals surface area contributed by atoms with Gasteiger partial charge in [-0.25, -0.2) is 14.1 Å². The first kappa shape index (κ1) is 19.0.